The van der Waals surface area contributed by atoms with Crippen LogP contribution >= 0.6 is 0 Å². The van der Waals surface area contributed by atoms with Crippen molar-refractivity contribution in [2.45, 2.75) is 0 Å². The SMILES string of the molecule is c1ccc(-c2cc(-c3ccccc3)nc(-n3c4ccccc4c4cc(-c5ccc(-c6ccc7c8ccccc8n(-c8nc(-c9ccccc9)nc(-c9ccccc9)n8)c7c6)cc5)ccc43)n2)cc1. The van der Waals surface area contributed by atoms with E-state index in [-0.39, 0.29) is 0 Å². The maximum atomic E-state index is 5.22. The molecule has 318 valence electrons. The molecule has 0 atom stereocenters. The van der Waals surface area contributed by atoms with Crippen LogP contribution in [0.4, 0.5) is 0 Å². The Balaban J connectivity index is 0.903. The second-order valence-electron chi connectivity index (χ2n) is 16.9. The molecule has 7 nitrogen and oxygen atoms in total. The first kappa shape index (κ1) is 39.1. The van der Waals surface area contributed by atoms with Gasteiger partial charge in [-0.25, -0.2) is 15.0 Å². The summed E-state index contributed by atoms with van der Waals surface area (Å²) in [6.07, 6.45) is 0. The monoisotopic (exact) mass is 869 g/mol. The topological polar surface area (TPSA) is 74.3 Å². The summed E-state index contributed by atoms with van der Waals surface area (Å²) >= 11 is 0. The van der Waals surface area contributed by atoms with Gasteiger partial charge in [0.15, 0.2) is 11.6 Å². The molecule has 13 rings (SSSR count). The van der Waals surface area contributed by atoms with Crippen LogP contribution in [-0.4, -0.2) is 34.1 Å². The third-order valence-electron chi connectivity index (χ3n) is 12.8. The van der Waals surface area contributed by atoms with Crippen molar-refractivity contribution in [1.82, 2.24) is 34.1 Å². The van der Waals surface area contributed by atoms with Gasteiger partial charge in [0.25, 0.3) is 0 Å². The Labute approximate surface area is 392 Å². The largest absolute Gasteiger partial charge is 0.278 e. The number of benzene rings is 9. The molecule has 0 fully saturated rings. The van der Waals surface area contributed by atoms with E-state index in [2.05, 4.69) is 149 Å². The Morgan fingerprint density at radius 2 is 0.603 bits per heavy atom. The molecule has 13 aromatic rings. The van der Waals surface area contributed by atoms with Gasteiger partial charge >= 0.3 is 0 Å². The zero-order valence-electron chi connectivity index (χ0n) is 36.6. The van der Waals surface area contributed by atoms with Gasteiger partial charge in [0.1, 0.15) is 0 Å². The lowest BCUT2D eigenvalue weighted by atomic mass is 9.98. The highest BCUT2D eigenvalue weighted by atomic mass is 15.2. The maximum absolute atomic E-state index is 5.22. The molecule has 0 radical (unpaired) electrons. The third-order valence-corrected chi connectivity index (χ3v) is 12.8. The highest BCUT2D eigenvalue weighted by Gasteiger charge is 2.20. The van der Waals surface area contributed by atoms with Crippen LogP contribution in [0.25, 0.3) is 123 Å². The van der Waals surface area contributed by atoms with Crippen LogP contribution in [0, 0.1) is 0 Å². The summed E-state index contributed by atoms with van der Waals surface area (Å²) in [6.45, 7) is 0. The van der Waals surface area contributed by atoms with Gasteiger partial charge < -0.3 is 0 Å². The van der Waals surface area contributed by atoms with Crippen molar-refractivity contribution in [2.75, 3.05) is 0 Å². The van der Waals surface area contributed by atoms with E-state index in [1.54, 1.807) is 0 Å². The summed E-state index contributed by atoms with van der Waals surface area (Å²) in [5.41, 5.74) is 14.3. The van der Waals surface area contributed by atoms with Gasteiger partial charge in [-0.15, -0.1) is 0 Å². The van der Waals surface area contributed by atoms with Crippen molar-refractivity contribution >= 4 is 43.6 Å². The molecule has 0 aliphatic rings. The Kier molecular flexibility index (Phi) is 9.35. The number of hydrogen-bond donors (Lipinski definition) is 0. The van der Waals surface area contributed by atoms with Gasteiger partial charge in [0.05, 0.1) is 33.5 Å². The highest BCUT2D eigenvalue weighted by molar-refractivity contribution is 6.11. The smallest absolute Gasteiger partial charge is 0.238 e. The van der Waals surface area contributed by atoms with Crippen LogP contribution in [0.15, 0.2) is 237 Å². The fraction of sp³-hybridized carbons (Fsp3) is 0. The fourth-order valence-electron chi connectivity index (χ4n) is 9.53. The Morgan fingerprint density at radius 3 is 1.15 bits per heavy atom. The number of hydrogen-bond acceptors (Lipinski definition) is 5. The van der Waals surface area contributed by atoms with E-state index in [9.17, 15) is 0 Å². The van der Waals surface area contributed by atoms with Gasteiger partial charge in [-0.2, -0.15) is 9.97 Å². The number of nitrogens with zero attached hydrogens (tertiary/aromatic N) is 7. The van der Waals surface area contributed by atoms with Crippen molar-refractivity contribution in [3.8, 4) is 79.4 Å². The zero-order valence-corrected chi connectivity index (χ0v) is 36.6. The lowest BCUT2D eigenvalue weighted by Crippen LogP contribution is -2.06. The quantitative estimate of drug-likeness (QED) is 0.152. The van der Waals surface area contributed by atoms with Crippen molar-refractivity contribution < 1.29 is 0 Å². The number of fused-ring (bicyclic) bond motifs is 6. The molecule has 0 aliphatic carbocycles. The lowest BCUT2D eigenvalue weighted by Gasteiger charge is -2.12. The summed E-state index contributed by atoms with van der Waals surface area (Å²) in [6, 6.07) is 82.3. The molecule has 0 bridgehead atoms. The van der Waals surface area contributed by atoms with E-state index >= 15 is 0 Å². The first-order valence-corrected chi connectivity index (χ1v) is 22.7. The Morgan fingerprint density at radius 1 is 0.221 bits per heavy atom. The van der Waals surface area contributed by atoms with Gasteiger partial charge in [0, 0.05) is 43.8 Å². The third kappa shape index (κ3) is 6.80. The number of rotatable bonds is 8. The van der Waals surface area contributed by atoms with Crippen LogP contribution in [0.5, 0.6) is 0 Å². The van der Waals surface area contributed by atoms with Gasteiger partial charge in [-0.1, -0.05) is 200 Å². The van der Waals surface area contributed by atoms with Crippen molar-refractivity contribution in [3.05, 3.63) is 237 Å². The number of para-hydroxylation sites is 2. The lowest BCUT2D eigenvalue weighted by molar-refractivity contribution is 0.953. The average Bonchev–Trinajstić information content (AvgIpc) is 3.94. The van der Waals surface area contributed by atoms with Gasteiger partial charge in [-0.3, -0.25) is 9.13 Å². The predicted molar refractivity (Wildman–Crippen MR) is 277 cm³/mol. The molecular weight excluding hydrogens is 831 g/mol. The first-order chi connectivity index (χ1) is 33.7. The summed E-state index contributed by atoms with van der Waals surface area (Å²) in [4.78, 5) is 25.7. The molecule has 0 aliphatic heterocycles. The molecule has 4 heterocycles. The molecule has 0 saturated heterocycles. The Hall–Kier alpha value is -9.33. The predicted octanol–water partition coefficient (Wildman–Crippen LogP) is 14.9. The summed E-state index contributed by atoms with van der Waals surface area (Å²) in [5.74, 6) is 2.45. The molecule has 4 aromatic heterocycles. The van der Waals surface area contributed by atoms with Crippen LogP contribution in [0.2, 0.25) is 0 Å². The molecule has 0 unspecified atom stereocenters. The minimum atomic E-state index is 0.570. The molecular formula is C61H39N7. The van der Waals surface area contributed by atoms with E-state index in [0.717, 1.165) is 99.5 Å². The second-order valence-corrected chi connectivity index (χ2v) is 16.9. The number of aromatic nitrogens is 7. The molecule has 0 amide bonds. The normalized spacial score (nSPS) is 11.5. The second kappa shape index (κ2) is 16.3. The molecule has 7 heteroatoms. The molecule has 9 aromatic carbocycles. The van der Waals surface area contributed by atoms with Crippen molar-refractivity contribution in [1.29, 1.82) is 0 Å². The molecule has 0 N–H and O–H groups in total. The standard InChI is InChI=1S/C61H39N7/c1-5-17-42(18-6-1)52-39-53(43-19-7-2-8-20-43)63-60(62-52)67-55-28-16-14-26-49(55)51-37-46(34-36-56(51)67)40-29-31-41(32-30-40)47-33-35-50-48-25-13-15-27-54(48)68(57(50)38-47)61-65-58(44-21-9-3-10-22-44)64-59(66-61)45-23-11-4-12-24-45/h1-39H. The maximum Gasteiger partial charge on any atom is 0.238 e. The van der Waals surface area contributed by atoms with E-state index in [4.69, 9.17) is 24.9 Å². The minimum absolute atomic E-state index is 0.570. The van der Waals surface area contributed by atoms with E-state index < -0.39 is 0 Å². The van der Waals surface area contributed by atoms with Crippen LogP contribution in [0.1, 0.15) is 0 Å². The summed E-state index contributed by atoms with van der Waals surface area (Å²) in [7, 11) is 0. The molecule has 0 saturated carbocycles. The van der Waals surface area contributed by atoms with Crippen molar-refractivity contribution in [2.24, 2.45) is 0 Å². The highest BCUT2D eigenvalue weighted by Crippen LogP contribution is 2.38. The van der Waals surface area contributed by atoms with E-state index in [1.807, 2.05) is 97.1 Å². The van der Waals surface area contributed by atoms with Crippen LogP contribution < -0.4 is 0 Å². The fourth-order valence-corrected chi connectivity index (χ4v) is 9.53. The molecule has 68 heavy (non-hydrogen) atoms. The molecule has 0 spiro atoms. The zero-order chi connectivity index (χ0) is 45.0. The summed E-state index contributed by atoms with van der Waals surface area (Å²) in [5, 5.41) is 4.55. The van der Waals surface area contributed by atoms with Gasteiger partial charge in [0.2, 0.25) is 11.9 Å². The van der Waals surface area contributed by atoms with E-state index in [1.165, 1.54) is 0 Å². The summed E-state index contributed by atoms with van der Waals surface area (Å²) < 4.78 is 4.38. The van der Waals surface area contributed by atoms with Crippen LogP contribution in [-0.2, 0) is 0 Å². The van der Waals surface area contributed by atoms with Gasteiger partial charge in [-0.05, 0) is 58.7 Å². The Bertz CT molecular complexity index is 3880. The van der Waals surface area contributed by atoms with E-state index in [0.29, 0.717) is 23.5 Å². The average molecular weight is 870 g/mol. The minimum Gasteiger partial charge on any atom is -0.278 e. The van der Waals surface area contributed by atoms with Crippen LogP contribution in [0.3, 0.4) is 0 Å². The van der Waals surface area contributed by atoms with Crippen molar-refractivity contribution in [3.63, 3.8) is 0 Å². The first-order valence-electron chi connectivity index (χ1n) is 22.7.